The lowest BCUT2D eigenvalue weighted by Crippen LogP contribution is -2.45. The maximum atomic E-state index is 7.10. The minimum absolute atomic E-state index is 0.0882. The fourth-order valence-corrected chi connectivity index (χ4v) is 4.33. The molecule has 2 aliphatic carbocycles. The summed E-state index contributed by atoms with van der Waals surface area (Å²) >= 11 is 13.8. The summed E-state index contributed by atoms with van der Waals surface area (Å²) in [5.74, 6) is -0.0882. The predicted octanol–water partition coefficient (Wildman–Crippen LogP) is 4.78. The third-order valence-corrected chi connectivity index (χ3v) is 5.56. The Kier molecular flexibility index (Phi) is 3.70. The maximum Gasteiger partial charge on any atom is 0.168 e. The number of allylic oxidation sites excluding steroid dienone is 2. The van der Waals surface area contributed by atoms with Crippen LogP contribution in [-0.2, 0) is 16.0 Å². The molecule has 106 valence electrons. The van der Waals surface area contributed by atoms with E-state index in [1.807, 2.05) is 24.3 Å². The highest BCUT2D eigenvalue weighted by molar-refractivity contribution is 6.28. The summed E-state index contributed by atoms with van der Waals surface area (Å²) in [5.41, 5.74) is 2.52. The number of ether oxygens (including phenoxy) is 1. The van der Waals surface area contributed by atoms with Crippen molar-refractivity contribution < 1.29 is 4.74 Å². The molecule has 3 atom stereocenters. The molecule has 3 heteroatoms. The van der Waals surface area contributed by atoms with E-state index in [9.17, 15) is 0 Å². The van der Waals surface area contributed by atoms with E-state index in [2.05, 4.69) is 24.3 Å². The molecule has 0 spiro atoms. The third-order valence-electron chi connectivity index (χ3n) is 4.42. The summed E-state index contributed by atoms with van der Waals surface area (Å²) in [4.78, 5) is -0.506. The van der Waals surface area contributed by atoms with Crippen LogP contribution in [0.4, 0.5) is 0 Å². The molecule has 0 aromatic heterocycles. The van der Waals surface area contributed by atoms with Gasteiger partial charge in [-0.1, -0.05) is 54.1 Å². The Hall–Kier alpha value is -0.760. The van der Waals surface area contributed by atoms with Gasteiger partial charge in [-0.15, -0.1) is 11.6 Å². The molecule has 0 aliphatic heterocycles. The van der Waals surface area contributed by atoms with Gasteiger partial charge in [-0.25, -0.2) is 0 Å². The van der Waals surface area contributed by atoms with Crippen LogP contribution >= 0.6 is 23.2 Å². The summed E-state index contributed by atoms with van der Waals surface area (Å²) in [6, 6.07) is 8.41. The maximum absolute atomic E-state index is 7.10. The van der Waals surface area contributed by atoms with Crippen LogP contribution in [0.3, 0.4) is 0 Å². The van der Waals surface area contributed by atoms with Crippen molar-refractivity contribution in [2.24, 2.45) is 5.92 Å². The SMILES string of the molecule is COC1(Cl)C=CC=CC1C1(Cl)CCCc2ccccc21. The molecule has 0 heterocycles. The summed E-state index contributed by atoms with van der Waals surface area (Å²) in [6.07, 6.45) is 11.0. The summed E-state index contributed by atoms with van der Waals surface area (Å²) < 4.78 is 5.57. The standard InChI is InChI=1S/C17H18Cl2O/c1-20-17(19)12-5-4-10-15(17)16(18)11-6-8-13-7-2-3-9-14(13)16/h2-5,7,9-10,12,15H,6,8,11H2,1H3. The molecule has 0 radical (unpaired) electrons. The van der Waals surface area contributed by atoms with Crippen molar-refractivity contribution in [2.75, 3.05) is 7.11 Å². The second kappa shape index (κ2) is 5.22. The van der Waals surface area contributed by atoms with Crippen molar-refractivity contribution in [1.29, 1.82) is 0 Å². The molecule has 20 heavy (non-hydrogen) atoms. The van der Waals surface area contributed by atoms with Gasteiger partial charge in [0.1, 0.15) is 0 Å². The molecule has 3 rings (SSSR count). The predicted molar refractivity (Wildman–Crippen MR) is 84.3 cm³/mol. The van der Waals surface area contributed by atoms with Gasteiger partial charge >= 0.3 is 0 Å². The Morgan fingerprint density at radius 2 is 2.00 bits per heavy atom. The lowest BCUT2D eigenvalue weighted by atomic mass is 9.71. The van der Waals surface area contributed by atoms with Crippen LogP contribution in [0.15, 0.2) is 48.6 Å². The van der Waals surface area contributed by atoms with Crippen LogP contribution in [-0.4, -0.2) is 12.2 Å². The Labute approximate surface area is 130 Å². The molecule has 0 bridgehead atoms. The van der Waals surface area contributed by atoms with Crippen molar-refractivity contribution in [3.8, 4) is 0 Å². The first-order valence-electron chi connectivity index (χ1n) is 6.97. The number of hydrogen-bond donors (Lipinski definition) is 0. The second-order valence-corrected chi connectivity index (χ2v) is 6.76. The first-order chi connectivity index (χ1) is 9.60. The highest BCUT2D eigenvalue weighted by Crippen LogP contribution is 2.53. The second-order valence-electron chi connectivity index (χ2n) is 5.50. The monoisotopic (exact) mass is 308 g/mol. The van der Waals surface area contributed by atoms with Crippen molar-refractivity contribution in [2.45, 2.75) is 29.2 Å². The zero-order valence-electron chi connectivity index (χ0n) is 11.5. The molecule has 0 N–H and O–H groups in total. The lowest BCUT2D eigenvalue weighted by molar-refractivity contribution is 0.0480. The lowest BCUT2D eigenvalue weighted by Gasteiger charge is -2.45. The Bertz CT molecular complexity index is 566. The average molecular weight is 309 g/mol. The fraction of sp³-hybridized carbons (Fsp3) is 0.412. The fourth-order valence-electron chi connectivity index (χ4n) is 3.39. The zero-order chi connectivity index (χ0) is 14.2. The van der Waals surface area contributed by atoms with Gasteiger partial charge in [0.15, 0.2) is 5.06 Å². The van der Waals surface area contributed by atoms with E-state index in [-0.39, 0.29) is 5.92 Å². The first-order valence-corrected chi connectivity index (χ1v) is 7.73. The molecule has 1 aromatic carbocycles. The highest BCUT2D eigenvalue weighted by Gasteiger charge is 2.50. The van der Waals surface area contributed by atoms with Gasteiger partial charge in [-0.05, 0) is 36.5 Å². The Morgan fingerprint density at radius 1 is 1.20 bits per heavy atom. The van der Waals surface area contributed by atoms with Gasteiger partial charge in [0.2, 0.25) is 0 Å². The largest absolute Gasteiger partial charge is 0.359 e. The van der Waals surface area contributed by atoms with Crippen molar-refractivity contribution in [1.82, 2.24) is 0 Å². The molecule has 1 aromatic rings. The molecule has 0 fully saturated rings. The minimum atomic E-state index is -0.874. The number of methoxy groups -OCH3 is 1. The average Bonchev–Trinajstić information content (AvgIpc) is 2.48. The third kappa shape index (κ3) is 2.13. The molecule has 0 saturated carbocycles. The smallest absolute Gasteiger partial charge is 0.168 e. The van der Waals surface area contributed by atoms with E-state index in [1.54, 1.807) is 7.11 Å². The van der Waals surface area contributed by atoms with Gasteiger partial charge in [-0.3, -0.25) is 0 Å². The number of hydrogen-bond acceptors (Lipinski definition) is 1. The zero-order valence-corrected chi connectivity index (χ0v) is 13.0. The van der Waals surface area contributed by atoms with Crippen LogP contribution in [0.5, 0.6) is 0 Å². The van der Waals surface area contributed by atoms with Crippen molar-refractivity contribution >= 4 is 23.2 Å². The van der Waals surface area contributed by atoms with E-state index in [0.717, 1.165) is 19.3 Å². The minimum Gasteiger partial charge on any atom is -0.359 e. The number of alkyl halides is 2. The first kappa shape index (κ1) is 14.2. The topological polar surface area (TPSA) is 9.23 Å². The van der Waals surface area contributed by atoms with Crippen molar-refractivity contribution in [3.05, 3.63) is 59.7 Å². The van der Waals surface area contributed by atoms with Gasteiger partial charge < -0.3 is 4.74 Å². The Balaban J connectivity index is 2.09. The summed E-state index contributed by atoms with van der Waals surface area (Å²) in [7, 11) is 1.64. The quantitative estimate of drug-likeness (QED) is 0.714. The number of halogens is 2. The molecular weight excluding hydrogens is 291 g/mol. The van der Waals surface area contributed by atoms with Crippen LogP contribution < -0.4 is 0 Å². The van der Waals surface area contributed by atoms with Crippen LogP contribution in [0.25, 0.3) is 0 Å². The molecule has 0 saturated heterocycles. The van der Waals surface area contributed by atoms with Gasteiger partial charge in [0.25, 0.3) is 0 Å². The molecular formula is C17H18Cl2O. The van der Waals surface area contributed by atoms with E-state index < -0.39 is 9.93 Å². The Morgan fingerprint density at radius 3 is 2.80 bits per heavy atom. The van der Waals surface area contributed by atoms with Crippen LogP contribution in [0.1, 0.15) is 24.0 Å². The molecule has 3 unspecified atom stereocenters. The van der Waals surface area contributed by atoms with E-state index in [4.69, 9.17) is 27.9 Å². The van der Waals surface area contributed by atoms with Gasteiger partial charge in [0, 0.05) is 13.0 Å². The molecule has 2 aliphatic rings. The van der Waals surface area contributed by atoms with Crippen LogP contribution in [0, 0.1) is 5.92 Å². The molecule has 1 nitrogen and oxygen atoms in total. The normalized spacial score (nSPS) is 35.9. The number of aryl methyl sites for hydroxylation is 1. The number of rotatable bonds is 2. The van der Waals surface area contributed by atoms with E-state index in [0.29, 0.717) is 0 Å². The van der Waals surface area contributed by atoms with Gasteiger partial charge in [0.05, 0.1) is 4.87 Å². The number of benzene rings is 1. The van der Waals surface area contributed by atoms with Crippen molar-refractivity contribution in [3.63, 3.8) is 0 Å². The summed E-state index contributed by atoms with van der Waals surface area (Å²) in [6.45, 7) is 0. The van der Waals surface area contributed by atoms with E-state index >= 15 is 0 Å². The molecule has 0 amide bonds. The van der Waals surface area contributed by atoms with E-state index in [1.165, 1.54) is 11.1 Å². The number of fused-ring (bicyclic) bond motifs is 1. The van der Waals surface area contributed by atoms with Gasteiger partial charge in [-0.2, -0.15) is 0 Å². The highest BCUT2D eigenvalue weighted by atomic mass is 35.5. The van der Waals surface area contributed by atoms with Crippen LogP contribution in [0.2, 0.25) is 0 Å². The summed E-state index contributed by atoms with van der Waals surface area (Å²) in [5, 5.41) is -0.874.